The summed E-state index contributed by atoms with van der Waals surface area (Å²) in [4.78, 5) is 11.2. The highest BCUT2D eigenvalue weighted by atomic mass is 16.1. The summed E-state index contributed by atoms with van der Waals surface area (Å²) in [7, 11) is 0. The fourth-order valence-corrected chi connectivity index (χ4v) is 1.12. The van der Waals surface area contributed by atoms with E-state index in [1.807, 2.05) is 0 Å². The van der Waals surface area contributed by atoms with Crippen molar-refractivity contribution < 1.29 is 4.79 Å². The second kappa shape index (κ2) is 8.93. The molecule has 0 unspecified atom stereocenters. The molecule has 0 aliphatic rings. The predicted octanol–water partition coefficient (Wildman–Crippen LogP) is -1.09. The van der Waals surface area contributed by atoms with E-state index in [4.69, 9.17) is 17.2 Å². The molecule has 5 heteroatoms. The fourth-order valence-electron chi connectivity index (χ4n) is 1.12. The number of carbonyl (C=O) groups excluding carboxylic acids is 1. The number of carbonyl (C=O) groups is 1. The van der Waals surface area contributed by atoms with E-state index in [1.54, 1.807) is 0 Å². The smallest absolute Gasteiger partial charge is 0.221 e. The van der Waals surface area contributed by atoms with E-state index in [9.17, 15) is 4.79 Å². The largest absolute Gasteiger partial charge is 0.356 e. The number of rotatable bonds is 8. The summed E-state index contributed by atoms with van der Waals surface area (Å²) < 4.78 is 0. The SMILES string of the molecule is NCCCNC(=O)C[C@H](N)CCCN. The van der Waals surface area contributed by atoms with Gasteiger partial charge in [-0.3, -0.25) is 4.79 Å². The van der Waals surface area contributed by atoms with Gasteiger partial charge >= 0.3 is 0 Å². The van der Waals surface area contributed by atoms with Crippen molar-refractivity contribution in [3.05, 3.63) is 0 Å². The lowest BCUT2D eigenvalue weighted by molar-refractivity contribution is -0.121. The molecule has 0 saturated heterocycles. The summed E-state index contributed by atoms with van der Waals surface area (Å²) in [6.45, 7) is 1.86. The van der Waals surface area contributed by atoms with Crippen LogP contribution in [-0.2, 0) is 4.79 Å². The van der Waals surface area contributed by atoms with Gasteiger partial charge in [-0.2, -0.15) is 0 Å². The van der Waals surface area contributed by atoms with E-state index >= 15 is 0 Å². The Morgan fingerprint density at radius 2 is 1.86 bits per heavy atom. The van der Waals surface area contributed by atoms with Crippen LogP contribution in [0.2, 0.25) is 0 Å². The van der Waals surface area contributed by atoms with Crippen molar-refractivity contribution in [2.45, 2.75) is 31.7 Å². The lowest BCUT2D eigenvalue weighted by atomic mass is 10.1. The molecule has 0 aromatic heterocycles. The number of amides is 1. The summed E-state index contributed by atoms with van der Waals surface area (Å²) in [6, 6.07) is -0.0728. The van der Waals surface area contributed by atoms with E-state index < -0.39 is 0 Å². The molecule has 5 nitrogen and oxygen atoms in total. The monoisotopic (exact) mass is 202 g/mol. The molecular weight excluding hydrogens is 180 g/mol. The second-order valence-electron chi connectivity index (χ2n) is 3.39. The molecular formula is C9H22N4O. The Morgan fingerprint density at radius 3 is 2.43 bits per heavy atom. The summed E-state index contributed by atoms with van der Waals surface area (Å²) >= 11 is 0. The molecule has 0 aromatic carbocycles. The molecule has 0 radical (unpaired) electrons. The molecule has 0 aliphatic carbocycles. The van der Waals surface area contributed by atoms with Gasteiger partial charge in [0.2, 0.25) is 5.91 Å². The maximum absolute atomic E-state index is 11.2. The minimum atomic E-state index is -0.0728. The van der Waals surface area contributed by atoms with Crippen LogP contribution in [0.3, 0.4) is 0 Å². The van der Waals surface area contributed by atoms with Crippen LogP contribution in [0, 0.1) is 0 Å². The predicted molar refractivity (Wildman–Crippen MR) is 57.6 cm³/mol. The minimum absolute atomic E-state index is 0.00275. The van der Waals surface area contributed by atoms with E-state index in [0.717, 1.165) is 19.3 Å². The van der Waals surface area contributed by atoms with Gasteiger partial charge in [0.05, 0.1) is 0 Å². The zero-order valence-corrected chi connectivity index (χ0v) is 8.67. The van der Waals surface area contributed by atoms with E-state index in [1.165, 1.54) is 0 Å². The number of nitrogens with one attached hydrogen (secondary N) is 1. The zero-order valence-electron chi connectivity index (χ0n) is 8.67. The van der Waals surface area contributed by atoms with E-state index in [0.29, 0.717) is 26.1 Å². The highest BCUT2D eigenvalue weighted by Gasteiger charge is 2.07. The Kier molecular flexibility index (Phi) is 8.51. The molecule has 1 atom stereocenters. The first-order valence-corrected chi connectivity index (χ1v) is 5.13. The van der Waals surface area contributed by atoms with Gasteiger partial charge in [0, 0.05) is 19.0 Å². The molecule has 1 amide bonds. The van der Waals surface area contributed by atoms with Gasteiger partial charge < -0.3 is 22.5 Å². The van der Waals surface area contributed by atoms with Gasteiger partial charge in [0.25, 0.3) is 0 Å². The normalized spacial score (nSPS) is 12.5. The summed E-state index contributed by atoms with van der Waals surface area (Å²) in [5, 5.41) is 2.76. The molecule has 0 saturated carbocycles. The zero-order chi connectivity index (χ0) is 10.8. The molecule has 0 spiro atoms. The van der Waals surface area contributed by atoms with Crippen molar-refractivity contribution in [3.63, 3.8) is 0 Å². The van der Waals surface area contributed by atoms with Crippen LogP contribution >= 0.6 is 0 Å². The number of hydrogen-bond acceptors (Lipinski definition) is 4. The highest BCUT2D eigenvalue weighted by molar-refractivity contribution is 5.76. The van der Waals surface area contributed by atoms with Crippen LogP contribution in [0.5, 0.6) is 0 Å². The van der Waals surface area contributed by atoms with Crippen molar-refractivity contribution in [2.75, 3.05) is 19.6 Å². The van der Waals surface area contributed by atoms with Crippen LogP contribution in [0.15, 0.2) is 0 Å². The molecule has 14 heavy (non-hydrogen) atoms. The standard InChI is InChI=1S/C9H22N4O/c10-4-1-3-8(12)7-9(14)13-6-2-5-11/h8H,1-7,10-12H2,(H,13,14)/t8-/m1/s1. The highest BCUT2D eigenvalue weighted by Crippen LogP contribution is 1.97. The topological polar surface area (TPSA) is 107 Å². The van der Waals surface area contributed by atoms with Gasteiger partial charge in [0.1, 0.15) is 0 Å². The molecule has 7 N–H and O–H groups in total. The quantitative estimate of drug-likeness (QED) is 0.375. The molecule has 0 bridgehead atoms. The molecule has 0 aromatic rings. The first kappa shape index (κ1) is 13.4. The van der Waals surface area contributed by atoms with Gasteiger partial charge in [-0.05, 0) is 32.4 Å². The molecule has 0 heterocycles. The Morgan fingerprint density at radius 1 is 1.21 bits per heavy atom. The van der Waals surface area contributed by atoms with Crippen molar-refractivity contribution >= 4 is 5.91 Å². The fraction of sp³-hybridized carbons (Fsp3) is 0.889. The third kappa shape index (κ3) is 7.97. The summed E-state index contributed by atoms with van der Waals surface area (Å²) in [5.41, 5.74) is 16.4. The molecule has 0 aliphatic heterocycles. The van der Waals surface area contributed by atoms with Crippen LogP contribution in [-0.4, -0.2) is 31.6 Å². The molecule has 84 valence electrons. The maximum Gasteiger partial charge on any atom is 0.221 e. The van der Waals surface area contributed by atoms with E-state index in [-0.39, 0.29) is 11.9 Å². The summed E-state index contributed by atoms with van der Waals surface area (Å²) in [6.07, 6.45) is 2.87. The lowest BCUT2D eigenvalue weighted by Crippen LogP contribution is -2.33. The lowest BCUT2D eigenvalue weighted by Gasteiger charge is -2.10. The molecule has 0 rings (SSSR count). The van der Waals surface area contributed by atoms with Gasteiger partial charge in [-0.25, -0.2) is 0 Å². The third-order valence-electron chi connectivity index (χ3n) is 1.93. The van der Waals surface area contributed by atoms with E-state index in [2.05, 4.69) is 5.32 Å². The number of nitrogens with two attached hydrogens (primary N) is 3. The van der Waals surface area contributed by atoms with Crippen molar-refractivity contribution in [1.29, 1.82) is 0 Å². The van der Waals surface area contributed by atoms with Gasteiger partial charge in [-0.1, -0.05) is 0 Å². The summed E-state index contributed by atoms with van der Waals surface area (Å²) in [5.74, 6) is 0.00275. The second-order valence-corrected chi connectivity index (χ2v) is 3.39. The average Bonchev–Trinajstić information content (AvgIpc) is 2.15. The maximum atomic E-state index is 11.2. The van der Waals surface area contributed by atoms with Crippen LogP contribution in [0.1, 0.15) is 25.7 Å². The first-order chi connectivity index (χ1) is 6.70. The van der Waals surface area contributed by atoms with Crippen LogP contribution < -0.4 is 22.5 Å². The minimum Gasteiger partial charge on any atom is -0.356 e. The van der Waals surface area contributed by atoms with Crippen molar-refractivity contribution in [1.82, 2.24) is 5.32 Å². The Hall–Kier alpha value is -0.650. The molecule has 0 fully saturated rings. The third-order valence-corrected chi connectivity index (χ3v) is 1.93. The Balaban J connectivity index is 3.40. The van der Waals surface area contributed by atoms with Gasteiger partial charge in [-0.15, -0.1) is 0 Å². The van der Waals surface area contributed by atoms with Crippen LogP contribution in [0.4, 0.5) is 0 Å². The number of hydrogen-bond donors (Lipinski definition) is 4. The Bertz CT molecular complexity index is 152. The van der Waals surface area contributed by atoms with Gasteiger partial charge in [0.15, 0.2) is 0 Å². The Labute approximate surface area is 85.4 Å². The average molecular weight is 202 g/mol. The van der Waals surface area contributed by atoms with Crippen LogP contribution in [0.25, 0.3) is 0 Å². The van der Waals surface area contributed by atoms with Crippen molar-refractivity contribution in [3.8, 4) is 0 Å². The first-order valence-electron chi connectivity index (χ1n) is 5.13. The van der Waals surface area contributed by atoms with Crippen molar-refractivity contribution in [2.24, 2.45) is 17.2 Å².